The number of sulfonamides is 1. The molecule has 34 heavy (non-hydrogen) atoms. The van der Waals surface area contributed by atoms with Crippen LogP contribution >= 0.6 is 0 Å². The smallest absolute Gasteiger partial charge is 0.244 e. The van der Waals surface area contributed by atoms with Crippen LogP contribution in [0.5, 0.6) is 11.5 Å². The zero-order chi connectivity index (χ0) is 23.9. The lowest BCUT2D eigenvalue weighted by atomic mass is 9.74. The molecule has 0 saturated carbocycles. The highest BCUT2D eigenvalue weighted by Crippen LogP contribution is 2.42. The molecule has 3 aliphatic heterocycles. The molecule has 3 aromatic rings. The highest BCUT2D eigenvalue weighted by molar-refractivity contribution is 7.89. The summed E-state index contributed by atoms with van der Waals surface area (Å²) in [4.78, 5) is 2.48. The van der Waals surface area contributed by atoms with Gasteiger partial charge in [0.2, 0.25) is 10.0 Å². The molecular formula is C24H30N4O5S. The topological polar surface area (TPSA) is 98.8 Å². The van der Waals surface area contributed by atoms with Crippen LogP contribution in [0.2, 0.25) is 0 Å². The van der Waals surface area contributed by atoms with Crippen LogP contribution < -0.4 is 14.2 Å². The summed E-state index contributed by atoms with van der Waals surface area (Å²) in [6.45, 7) is 2.21. The van der Waals surface area contributed by atoms with Gasteiger partial charge in [0.05, 0.1) is 20.5 Å². The molecule has 0 aliphatic carbocycles. The van der Waals surface area contributed by atoms with Gasteiger partial charge in [0.15, 0.2) is 5.76 Å². The van der Waals surface area contributed by atoms with E-state index in [0.717, 1.165) is 37.4 Å². The lowest BCUT2D eigenvalue weighted by Gasteiger charge is -2.49. The van der Waals surface area contributed by atoms with Crippen molar-refractivity contribution < 1.29 is 22.3 Å². The lowest BCUT2D eigenvalue weighted by molar-refractivity contribution is 0.0306. The van der Waals surface area contributed by atoms with Gasteiger partial charge in [-0.3, -0.25) is 9.58 Å². The third kappa shape index (κ3) is 4.21. The summed E-state index contributed by atoms with van der Waals surface area (Å²) in [7, 11) is 1.20. The molecule has 9 nitrogen and oxygen atoms in total. The monoisotopic (exact) mass is 486 g/mol. The number of ether oxygens (including phenoxy) is 2. The highest BCUT2D eigenvalue weighted by atomic mass is 32.2. The van der Waals surface area contributed by atoms with E-state index in [9.17, 15) is 8.42 Å². The number of aromatic nitrogens is 2. The first-order valence-corrected chi connectivity index (χ1v) is 12.9. The number of methoxy groups -OCH3 is 2. The van der Waals surface area contributed by atoms with E-state index in [1.807, 2.05) is 23.9 Å². The van der Waals surface area contributed by atoms with E-state index in [-0.39, 0.29) is 10.9 Å². The van der Waals surface area contributed by atoms with Crippen LogP contribution in [-0.4, -0.2) is 63.0 Å². The summed E-state index contributed by atoms with van der Waals surface area (Å²) in [6, 6.07) is 10.8. The van der Waals surface area contributed by atoms with Gasteiger partial charge < -0.3 is 13.9 Å². The Kier molecular flexibility index (Phi) is 6.13. The Labute approximate surface area is 199 Å². The Hall–Kier alpha value is -2.82. The van der Waals surface area contributed by atoms with Gasteiger partial charge in [-0.2, -0.15) is 5.10 Å². The molecule has 2 bridgehead atoms. The van der Waals surface area contributed by atoms with Gasteiger partial charge >= 0.3 is 0 Å². The van der Waals surface area contributed by atoms with Gasteiger partial charge in [-0.25, -0.2) is 13.1 Å². The number of furan rings is 1. The summed E-state index contributed by atoms with van der Waals surface area (Å²) in [6.07, 6.45) is 3.69. The predicted octanol–water partition coefficient (Wildman–Crippen LogP) is 2.85. The van der Waals surface area contributed by atoms with Crippen LogP contribution in [0, 0.1) is 5.92 Å². The van der Waals surface area contributed by atoms with Crippen LogP contribution in [0.3, 0.4) is 0 Å². The second-order valence-electron chi connectivity index (χ2n) is 8.96. The molecule has 0 spiro atoms. The van der Waals surface area contributed by atoms with Crippen LogP contribution in [0.15, 0.2) is 52.0 Å². The Morgan fingerprint density at radius 2 is 2.06 bits per heavy atom. The van der Waals surface area contributed by atoms with Crippen LogP contribution in [0.1, 0.15) is 24.5 Å². The summed E-state index contributed by atoms with van der Waals surface area (Å²) < 4.78 is 46.9. The molecule has 6 rings (SSSR count). The van der Waals surface area contributed by atoms with E-state index in [4.69, 9.17) is 13.9 Å². The maximum absolute atomic E-state index is 13.1. The average molecular weight is 487 g/mol. The highest BCUT2D eigenvalue weighted by Gasteiger charge is 2.42. The number of nitrogens with one attached hydrogen (secondary N) is 1. The first-order valence-electron chi connectivity index (χ1n) is 11.4. The summed E-state index contributed by atoms with van der Waals surface area (Å²) >= 11 is 0. The lowest BCUT2D eigenvalue weighted by Crippen LogP contribution is -2.56. The number of piperidine rings is 3. The molecule has 1 unspecified atom stereocenters. The van der Waals surface area contributed by atoms with Gasteiger partial charge in [0.25, 0.3) is 0 Å². The van der Waals surface area contributed by atoms with Crippen molar-refractivity contribution in [3.8, 4) is 23.0 Å². The van der Waals surface area contributed by atoms with Crippen molar-refractivity contribution in [2.45, 2.75) is 29.7 Å². The van der Waals surface area contributed by atoms with Gasteiger partial charge in [-0.05, 0) is 55.6 Å². The van der Waals surface area contributed by atoms with Crippen molar-refractivity contribution in [2.75, 3.05) is 33.9 Å². The molecule has 1 aromatic carbocycles. The maximum atomic E-state index is 13.1. The molecule has 2 aromatic heterocycles. The third-order valence-electron chi connectivity index (χ3n) is 7.12. The second-order valence-corrected chi connectivity index (χ2v) is 10.7. The number of hydrogen-bond acceptors (Lipinski definition) is 7. The molecule has 4 atom stereocenters. The quantitative estimate of drug-likeness (QED) is 0.523. The summed E-state index contributed by atoms with van der Waals surface area (Å²) in [5.41, 5.74) is 2.04. The van der Waals surface area contributed by atoms with Crippen molar-refractivity contribution in [3.63, 3.8) is 0 Å². The minimum atomic E-state index is -3.75. The molecule has 0 radical (unpaired) electrons. The maximum Gasteiger partial charge on any atom is 0.244 e. The Balaban J connectivity index is 1.28. The minimum absolute atomic E-state index is 0.0866. The fraction of sp³-hybridized carbons (Fsp3) is 0.458. The fourth-order valence-corrected chi connectivity index (χ4v) is 6.59. The number of fused-ring (bicyclic) bond motifs is 3. The second kappa shape index (κ2) is 9.09. The zero-order valence-electron chi connectivity index (χ0n) is 19.6. The van der Waals surface area contributed by atoms with Crippen molar-refractivity contribution in [1.82, 2.24) is 19.4 Å². The van der Waals surface area contributed by atoms with Gasteiger partial charge in [0, 0.05) is 43.9 Å². The van der Waals surface area contributed by atoms with E-state index in [0.29, 0.717) is 29.9 Å². The van der Waals surface area contributed by atoms with Crippen molar-refractivity contribution >= 4 is 10.0 Å². The zero-order valence-corrected chi connectivity index (χ0v) is 20.4. The fourth-order valence-electron chi connectivity index (χ4n) is 5.34. The molecule has 5 heterocycles. The number of nitrogens with zero attached hydrogens (tertiary/aromatic N) is 3. The first kappa shape index (κ1) is 22.9. The van der Waals surface area contributed by atoms with Crippen LogP contribution in [0.4, 0.5) is 0 Å². The molecule has 182 valence electrons. The average Bonchev–Trinajstić information content (AvgIpc) is 3.52. The van der Waals surface area contributed by atoms with Crippen molar-refractivity contribution in [3.05, 3.63) is 48.4 Å². The number of rotatable bonds is 8. The van der Waals surface area contributed by atoms with Crippen LogP contribution in [0.25, 0.3) is 11.5 Å². The molecule has 3 fully saturated rings. The molecule has 1 N–H and O–H groups in total. The van der Waals surface area contributed by atoms with E-state index >= 15 is 0 Å². The largest absolute Gasteiger partial charge is 0.497 e. The van der Waals surface area contributed by atoms with Gasteiger partial charge in [0.1, 0.15) is 22.1 Å². The number of benzene rings is 1. The van der Waals surface area contributed by atoms with Gasteiger partial charge in [-0.15, -0.1) is 0 Å². The van der Waals surface area contributed by atoms with E-state index < -0.39 is 10.0 Å². The van der Waals surface area contributed by atoms with Crippen molar-refractivity contribution in [2.24, 2.45) is 13.0 Å². The van der Waals surface area contributed by atoms with E-state index in [2.05, 4.69) is 20.8 Å². The Morgan fingerprint density at radius 1 is 1.21 bits per heavy atom. The standard InChI is InChI=1S/C24H30N4O5S/c1-27-21(13-20(26-27)22-5-4-10-33-22)19-15-28-9-8-16(19)11-17(28)14-25-34(29,30)24-12-18(31-2)6-7-23(24)32-3/h4-7,10,12-13,16-17,19,25H,8-9,11,14-15H2,1-3H3/t16-,17+,19+/m0/s1. The summed E-state index contributed by atoms with van der Waals surface area (Å²) in [5.74, 6) is 2.37. The van der Waals surface area contributed by atoms with Crippen molar-refractivity contribution in [1.29, 1.82) is 0 Å². The Morgan fingerprint density at radius 3 is 2.74 bits per heavy atom. The molecule has 3 saturated heterocycles. The molecule has 10 heteroatoms. The third-order valence-corrected chi connectivity index (χ3v) is 8.56. The predicted molar refractivity (Wildman–Crippen MR) is 126 cm³/mol. The summed E-state index contributed by atoms with van der Waals surface area (Å²) in [5, 5.41) is 4.65. The molecule has 0 amide bonds. The SMILES string of the molecule is COc1ccc(OC)c(S(=O)(=O)NC[C@H]2C[C@@H]3CCN2C[C@H]3c2cc(-c3ccco3)nn2C)c1. The van der Waals surface area contributed by atoms with Crippen LogP contribution in [-0.2, 0) is 17.1 Å². The van der Waals surface area contributed by atoms with E-state index in [1.54, 1.807) is 18.4 Å². The normalized spacial score (nSPS) is 24.3. The first-order chi connectivity index (χ1) is 16.4. The molecule has 3 aliphatic rings. The van der Waals surface area contributed by atoms with E-state index in [1.165, 1.54) is 26.0 Å². The number of hydrogen-bond donors (Lipinski definition) is 1. The molecular weight excluding hydrogens is 456 g/mol. The minimum Gasteiger partial charge on any atom is -0.497 e. The Bertz CT molecular complexity index is 1250. The number of aryl methyl sites for hydroxylation is 1. The van der Waals surface area contributed by atoms with Gasteiger partial charge in [-0.1, -0.05) is 0 Å².